The van der Waals surface area contributed by atoms with Crippen LogP contribution < -0.4 is 10.5 Å². The third kappa shape index (κ3) is 3.23. The molecule has 0 saturated heterocycles. The van der Waals surface area contributed by atoms with Crippen LogP contribution in [0, 0.1) is 0 Å². The number of aromatic nitrogens is 3. The predicted molar refractivity (Wildman–Crippen MR) is 123 cm³/mol. The zero-order chi connectivity index (χ0) is 21.8. The molecule has 1 fully saturated rings. The highest BCUT2D eigenvalue weighted by Crippen LogP contribution is 2.44. The second-order valence-electron chi connectivity index (χ2n) is 9.15. The molecule has 6 rings (SSSR count). The molecule has 0 atom stereocenters. The molecule has 0 radical (unpaired) electrons. The lowest BCUT2D eigenvalue weighted by atomic mass is 9.96. The lowest BCUT2D eigenvalue weighted by molar-refractivity contribution is -0.130. The number of benzene rings is 1. The summed E-state index contributed by atoms with van der Waals surface area (Å²) in [6.07, 6.45) is 6.28. The van der Waals surface area contributed by atoms with Gasteiger partial charge in [0.2, 0.25) is 11.5 Å². The number of hydrogen-bond acceptors (Lipinski definition) is 4. The smallest absolute Gasteiger partial charge is 0.247 e. The van der Waals surface area contributed by atoms with Gasteiger partial charge in [0.15, 0.2) is 5.82 Å². The van der Waals surface area contributed by atoms with E-state index in [1.807, 2.05) is 11.0 Å². The standard InChI is InChI=1S/C25H27N5O2/c1-16(31)28-11-12-30-22(15-28)25(27-24(30)17-4-5-17)29-10-2-3-19-13-18(6-8-21(19)29)20-7-9-23(32)26-14-20/h6-9,13-14,17H,2-5,10-12,15H2,1H3,(H,26,32). The van der Waals surface area contributed by atoms with Crippen molar-refractivity contribution in [3.8, 4) is 11.1 Å². The van der Waals surface area contributed by atoms with Gasteiger partial charge in [-0.25, -0.2) is 4.98 Å². The van der Waals surface area contributed by atoms with Crippen LogP contribution >= 0.6 is 0 Å². The zero-order valence-electron chi connectivity index (χ0n) is 18.3. The van der Waals surface area contributed by atoms with Crippen molar-refractivity contribution in [2.75, 3.05) is 18.0 Å². The first kappa shape index (κ1) is 19.3. The summed E-state index contributed by atoms with van der Waals surface area (Å²) in [4.78, 5) is 35.8. The van der Waals surface area contributed by atoms with Crippen LogP contribution in [-0.2, 0) is 24.3 Å². The molecular formula is C25H27N5O2. The minimum atomic E-state index is -0.0893. The molecule has 0 spiro atoms. The highest BCUT2D eigenvalue weighted by Gasteiger charge is 2.36. The van der Waals surface area contributed by atoms with Crippen molar-refractivity contribution in [2.24, 2.45) is 0 Å². The fraction of sp³-hybridized carbons (Fsp3) is 0.400. The zero-order valence-corrected chi connectivity index (χ0v) is 18.3. The Balaban J connectivity index is 1.41. The Morgan fingerprint density at radius 1 is 1.09 bits per heavy atom. The summed E-state index contributed by atoms with van der Waals surface area (Å²) in [5.74, 6) is 2.92. The van der Waals surface area contributed by atoms with Gasteiger partial charge in [-0.2, -0.15) is 0 Å². The molecule has 3 aliphatic rings. The number of carbonyl (C=O) groups excluding carboxylic acids is 1. The summed E-state index contributed by atoms with van der Waals surface area (Å²) in [7, 11) is 0. The minimum absolute atomic E-state index is 0.0893. The van der Waals surface area contributed by atoms with Gasteiger partial charge in [0.25, 0.3) is 0 Å². The first-order valence-corrected chi connectivity index (χ1v) is 11.5. The maximum Gasteiger partial charge on any atom is 0.247 e. The molecule has 7 nitrogen and oxygen atoms in total. The van der Waals surface area contributed by atoms with Crippen LogP contribution in [0.4, 0.5) is 11.5 Å². The highest BCUT2D eigenvalue weighted by atomic mass is 16.2. The summed E-state index contributed by atoms with van der Waals surface area (Å²) in [5.41, 5.74) is 5.70. The predicted octanol–water partition coefficient (Wildman–Crippen LogP) is 3.56. The molecule has 2 aliphatic heterocycles. The number of aromatic amines is 1. The van der Waals surface area contributed by atoms with E-state index in [4.69, 9.17) is 4.98 Å². The summed E-state index contributed by atoms with van der Waals surface area (Å²) >= 11 is 0. The lowest BCUT2D eigenvalue weighted by Gasteiger charge is -2.33. The van der Waals surface area contributed by atoms with Gasteiger partial charge in [-0.15, -0.1) is 0 Å². The van der Waals surface area contributed by atoms with Crippen molar-refractivity contribution >= 4 is 17.4 Å². The number of carbonyl (C=O) groups is 1. The molecule has 4 heterocycles. The van der Waals surface area contributed by atoms with Gasteiger partial charge in [0, 0.05) is 50.4 Å². The Kier molecular flexibility index (Phi) is 4.45. The quantitative estimate of drug-likeness (QED) is 0.691. The van der Waals surface area contributed by atoms with Crippen molar-refractivity contribution in [1.82, 2.24) is 19.4 Å². The number of anilines is 2. The van der Waals surface area contributed by atoms with E-state index in [0.717, 1.165) is 49.4 Å². The maximum atomic E-state index is 12.1. The fourth-order valence-corrected chi connectivity index (χ4v) is 5.10. The number of H-pyrrole nitrogens is 1. The average molecular weight is 430 g/mol. The van der Waals surface area contributed by atoms with E-state index < -0.39 is 0 Å². The van der Waals surface area contributed by atoms with E-state index in [-0.39, 0.29) is 11.5 Å². The van der Waals surface area contributed by atoms with E-state index in [1.165, 1.54) is 35.6 Å². The Bertz CT molecular complexity index is 1250. The normalized spacial score (nSPS) is 17.8. The van der Waals surface area contributed by atoms with Crippen LogP contribution in [0.25, 0.3) is 11.1 Å². The van der Waals surface area contributed by atoms with Gasteiger partial charge < -0.3 is 19.4 Å². The lowest BCUT2D eigenvalue weighted by Crippen LogP contribution is -2.38. The molecule has 1 saturated carbocycles. The van der Waals surface area contributed by atoms with Crippen LogP contribution in [0.1, 0.15) is 49.2 Å². The SMILES string of the molecule is CC(=O)N1CCn2c(C3CC3)nc(N3CCCc4cc(-c5ccc(=O)[nH]c5)ccc43)c2C1. The van der Waals surface area contributed by atoms with Gasteiger partial charge in [0.1, 0.15) is 5.82 Å². The third-order valence-corrected chi connectivity index (χ3v) is 6.97. The minimum Gasteiger partial charge on any atom is -0.335 e. The molecular weight excluding hydrogens is 402 g/mol. The number of aryl methyl sites for hydroxylation is 1. The molecule has 1 aromatic carbocycles. The van der Waals surface area contributed by atoms with E-state index in [1.54, 1.807) is 19.2 Å². The van der Waals surface area contributed by atoms with E-state index in [0.29, 0.717) is 12.5 Å². The monoisotopic (exact) mass is 429 g/mol. The molecule has 2 aromatic heterocycles. The Hall–Kier alpha value is -3.35. The first-order valence-electron chi connectivity index (χ1n) is 11.5. The summed E-state index contributed by atoms with van der Waals surface area (Å²) in [6.45, 7) is 4.81. The largest absolute Gasteiger partial charge is 0.335 e. The number of fused-ring (bicyclic) bond motifs is 2. The van der Waals surface area contributed by atoms with E-state index >= 15 is 0 Å². The van der Waals surface area contributed by atoms with Crippen LogP contribution in [0.5, 0.6) is 0 Å². The van der Waals surface area contributed by atoms with Crippen molar-refractivity contribution in [1.29, 1.82) is 0 Å². The van der Waals surface area contributed by atoms with Gasteiger partial charge in [0.05, 0.1) is 12.2 Å². The van der Waals surface area contributed by atoms with E-state index in [2.05, 4.69) is 32.7 Å². The summed E-state index contributed by atoms with van der Waals surface area (Å²) < 4.78 is 2.38. The topological polar surface area (TPSA) is 74.2 Å². The van der Waals surface area contributed by atoms with Crippen molar-refractivity contribution in [3.05, 3.63) is 64.0 Å². The van der Waals surface area contributed by atoms with E-state index in [9.17, 15) is 9.59 Å². The fourth-order valence-electron chi connectivity index (χ4n) is 5.10. The average Bonchev–Trinajstić information content (AvgIpc) is 3.59. The Morgan fingerprint density at radius 3 is 2.69 bits per heavy atom. The van der Waals surface area contributed by atoms with Gasteiger partial charge in [-0.05, 0) is 60.6 Å². The van der Waals surface area contributed by atoms with Crippen LogP contribution in [-0.4, -0.2) is 38.4 Å². The van der Waals surface area contributed by atoms with Crippen LogP contribution in [0.2, 0.25) is 0 Å². The molecule has 1 aliphatic carbocycles. The number of imidazole rings is 1. The number of pyridine rings is 1. The Labute approximate surface area is 186 Å². The summed E-state index contributed by atoms with van der Waals surface area (Å²) in [5, 5.41) is 0. The third-order valence-electron chi connectivity index (χ3n) is 6.97. The molecule has 32 heavy (non-hydrogen) atoms. The highest BCUT2D eigenvalue weighted by molar-refractivity contribution is 5.75. The molecule has 3 aromatic rings. The molecule has 1 N–H and O–H groups in total. The molecule has 1 amide bonds. The second-order valence-corrected chi connectivity index (χ2v) is 9.15. The van der Waals surface area contributed by atoms with Gasteiger partial charge >= 0.3 is 0 Å². The first-order chi connectivity index (χ1) is 15.6. The van der Waals surface area contributed by atoms with Crippen molar-refractivity contribution < 1.29 is 4.79 Å². The molecule has 0 unspecified atom stereocenters. The van der Waals surface area contributed by atoms with Crippen LogP contribution in [0.3, 0.4) is 0 Å². The van der Waals surface area contributed by atoms with Crippen molar-refractivity contribution in [2.45, 2.75) is 51.6 Å². The second kappa shape index (κ2) is 7.36. The number of rotatable bonds is 3. The molecule has 7 heteroatoms. The van der Waals surface area contributed by atoms with Gasteiger partial charge in [-0.3, -0.25) is 9.59 Å². The number of nitrogens with zero attached hydrogens (tertiary/aromatic N) is 4. The van der Waals surface area contributed by atoms with Gasteiger partial charge in [-0.1, -0.05) is 6.07 Å². The number of nitrogens with one attached hydrogen (secondary N) is 1. The molecule has 0 bridgehead atoms. The molecule has 164 valence electrons. The number of amides is 1. The number of hydrogen-bond donors (Lipinski definition) is 1. The Morgan fingerprint density at radius 2 is 1.94 bits per heavy atom. The van der Waals surface area contributed by atoms with Crippen molar-refractivity contribution in [3.63, 3.8) is 0 Å². The van der Waals surface area contributed by atoms with Crippen LogP contribution in [0.15, 0.2) is 41.3 Å². The summed E-state index contributed by atoms with van der Waals surface area (Å²) in [6, 6.07) is 9.98. The maximum absolute atomic E-state index is 12.1.